The number of fused-ring (bicyclic) bond motifs is 5. The van der Waals surface area contributed by atoms with Crippen LogP contribution in [0.25, 0.3) is 0 Å². The first-order valence-electron chi connectivity index (χ1n) is 9.28. The Morgan fingerprint density at radius 2 is 2.00 bits per heavy atom. The topological polar surface area (TPSA) is 37.3 Å². The number of aliphatic hydroxyl groups is 1. The normalized spacial score (nSPS) is 52.0. The fraction of sp³-hybridized carbons (Fsp3) is 0.762. The second-order valence-electron chi connectivity index (χ2n) is 8.96. The minimum Gasteiger partial charge on any atom is -0.392 e. The summed E-state index contributed by atoms with van der Waals surface area (Å²) < 4.78 is 0. The Hall–Kier alpha value is -1.07. The summed E-state index contributed by atoms with van der Waals surface area (Å²) in [7, 11) is 0. The Labute approximate surface area is 139 Å². The lowest BCUT2D eigenvalue weighted by Gasteiger charge is -2.59. The lowest BCUT2D eigenvalue weighted by molar-refractivity contribution is -0.122. The van der Waals surface area contributed by atoms with Crippen molar-refractivity contribution >= 4 is 5.78 Å². The summed E-state index contributed by atoms with van der Waals surface area (Å²) in [5, 5.41) is 11.0. The predicted molar refractivity (Wildman–Crippen MR) is 90.4 cm³/mol. The van der Waals surface area contributed by atoms with Gasteiger partial charge in [-0.2, -0.15) is 0 Å². The second-order valence-corrected chi connectivity index (χ2v) is 8.96. The van der Waals surface area contributed by atoms with Gasteiger partial charge >= 0.3 is 0 Å². The minimum absolute atomic E-state index is 0.118. The van der Waals surface area contributed by atoms with E-state index in [4.69, 9.17) is 6.42 Å². The van der Waals surface area contributed by atoms with Gasteiger partial charge in [-0.05, 0) is 73.2 Å². The first-order valence-corrected chi connectivity index (χ1v) is 9.28. The van der Waals surface area contributed by atoms with E-state index >= 15 is 0 Å². The lowest BCUT2D eigenvalue weighted by Crippen LogP contribution is -2.55. The monoisotopic (exact) mass is 312 g/mol. The van der Waals surface area contributed by atoms with Gasteiger partial charge in [0.05, 0.1) is 6.10 Å². The number of hydrogen-bond donors (Lipinski definition) is 1. The van der Waals surface area contributed by atoms with Crippen LogP contribution in [0.1, 0.15) is 58.8 Å². The zero-order valence-corrected chi connectivity index (χ0v) is 14.3. The number of aliphatic hydroxyl groups excluding tert-OH is 1. The van der Waals surface area contributed by atoms with E-state index in [9.17, 15) is 9.90 Å². The van der Waals surface area contributed by atoms with E-state index in [0.29, 0.717) is 36.5 Å². The van der Waals surface area contributed by atoms with E-state index < -0.39 is 0 Å². The van der Waals surface area contributed by atoms with Crippen molar-refractivity contribution in [2.24, 2.45) is 34.5 Å². The number of carbonyl (C=O) groups excluding carboxylic acids is 1. The molecule has 0 aliphatic heterocycles. The Morgan fingerprint density at radius 1 is 1.22 bits per heavy atom. The van der Waals surface area contributed by atoms with Crippen molar-refractivity contribution in [1.29, 1.82) is 0 Å². The van der Waals surface area contributed by atoms with Gasteiger partial charge in [0.15, 0.2) is 5.78 Å². The third-order valence-corrected chi connectivity index (χ3v) is 8.19. The van der Waals surface area contributed by atoms with Gasteiger partial charge in [0.1, 0.15) is 0 Å². The maximum Gasteiger partial charge on any atom is 0.155 e. The standard InChI is InChI=1S/C21H28O2/c1-4-13-5-6-16-19-17(8-10-20(13,16)2)21(3)9-7-15(22)11-14(21)12-18(19)23/h1,11,13,16-19,23H,5-10,12H2,2-3H3/t13-,16-,17-,18?,19-,20+,21-/m0/s1. The number of rotatable bonds is 0. The maximum absolute atomic E-state index is 11.9. The number of ketones is 1. The van der Waals surface area contributed by atoms with Crippen molar-refractivity contribution in [3.8, 4) is 12.3 Å². The fourth-order valence-corrected chi connectivity index (χ4v) is 6.80. The summed E-state index contributed by atoms with van der Waals surface area (Å²) in [6.07, 6.45) is 14.3. The van der Waals surface area contributed by atoms with Gasteiger partial charge in [-0.25, -0.2) is 0 Å². The molecule has 3 saturated carbocycles. The number of terminal acetylenes is 1. The van der Waals surface area contributed by atoms with E-state index in [-0.39, 0.29) is 22.7 Å². The minimum atomic E-state index is -0.300. The van der Waals surface area contributed by atoms with E-state index in [1.807, 2.05) is 6.08 Å². The van der Waals surface area contributed by atoms with Crippen LogP contribution in [-0.4, -0.2) is 17.0 Å². The average Bonchev–Trinajstić information content (AvgIpc) is 2.85. The van der Waals surface area contributed by atoms with Crippen LogP contribution in [0.5, 0.6) is 0 Å². The molecule has 2 nitrogen and oxygen atoms in total. The van der Waals surface area contributed by atoms with Gasteiger partial charge in [-0.15, -0.1) is 12.3 Å². The zero-order chi connectivity index (χ0) is 16.4. The lowest BCUT2D eigenvalue weighted by atomic mass is 9.46. The number of hydrogen-bond acceptors (Lipinski definition) is 2. The number of carbonyl (C=O) groups is 1. The van der Waals surface area contributed by atoms with Gasteiger partial charge in [-0.3, -0.25) is 4.79 Å². The fourth-order valence-electron chi connectivity index (χ4n) is 6.80. The Kier molecular flexibility index (Phi) is 3.34. The molecule has 0 spiro atoms. The van der Waals surface area contributed by atoms with Crippen LogP contribution in [0.4, 0.5) is 0 Å². The molecule has 4 aliphatic carbocycles. The van der Waals surface area contributed by atoms with Crippen molar-refractivity contribution in [2.75, 3.05) is 0 Å². The summed E-state index contributed by atoms with van der Waals surface area (Å²) >= 11 is 0. The first kappa shape index (κ1) is 15.5. The van der Waals surface area contributed by atoms with Crippen LogP contribution in [0.2, 0.25) is 0 Å². The van der Waals surface area contributed by atoms with Gasteiger partial charge in [-0.1, -0.05) is 19.4 Å². The van der Waals surface area contributed by atoms with Crippen LogP contribution in [0.3, 0.4) is 0 Å². The quantitative estimate of drug-likeness (QED) is 0.692. The molecule has 0 aromatic heterocycles. The highest BCUT2D eigenvalue weighted by atomic mass is 16.3. The van der Waals surface area contributed by atoms with Crippen molar-refractivity contribution < 1.29 is 9.90 Å². The molecule has 0 heterocycles. The third kappa shape index (κ3) is 1.96. The van der Waals surface area contributed by atoms with Gasteiger partial charge in [0.25, 0.3) is 0 Å². The van der Waals surface area contributed by atoms with Crippen LogP contribution >= 0.6 is 0 Å². The maximum atomic E-state index is 11.9. The molecule has 0 aromatic rings. The molecule has 23 heavy (non-hydrogen) atoms. The molecule has 4 aliphatic rings. The van der Waals surface area contributed by atoms with Crippen molar-refractivity contribution in [3.05, 3.63) is 11.6 Å². The van der Waals surface area contributed by atoms with E-state index in [1.165, 1.54) is 12.0 Å². The summed E-state index contributed by atoms with van der Waals surface area (Å²) in [6, 6.07) is 0. The Balaban J connectivity index is 1.73. The van der Waals surface area contributed by atoms with Crippen LogP contribution in [0.15, 0.2) is 11.6 Å². The average molecular weight is 312 g/mol. The van der Waals surface area contributed by atoms with Gasteiger partial charge in [0.2, 0.25) is 0 Å². The Bertz CT molecular complexity index is 612. The van der Waals surface area contributed by atoms with Gasteiger partial charge in [0, 0.05) is 12.3 Å². The molecular formula is C21H28O2. The van der Waals surface area contributed by atoms with Crippen molar-refractivity contribution in [3.63, 3.8) is 0 Å². The summed E-state index contributed by atoms with van der Waals surface area (Å²) in [5.74, 6) is 5.10. The molecular weight excluding hydrogens is 284 g/mol. The highest BCUT2D eigenvalue weighted by Gasteiger charge is 2.60. The highest BCUT2D eigenvalue weighted by Crippen LogP contribution is 2.66. The molecule has 0 aromatic carbocycles. The predicted octanol–water partition coefficient (Wildman–Crippen LogP) is 3.74. The molecule has 7 atom stereocenters. The first-order chi connectivity index (χ1) is 10.9. The largest absolute Gasteiger partial charge is 0.392 e. The summed E-state index contributed by atoms with van der Waals surface area (Å²) in [6.45, 7) is 4.72. The van der Waals surface area contributed by atoms with Crippen molar-refractivity contribution in [2.45, 2.75) is 64.9 Å². The van der Waals surface area contributed by atoms with Crippen LogP contribution < -0.4 is 0 Å². The molecule has 0 bridgehead atoms. The van der Waals surface area contributed by atoms with Crippen molar-refractivity contribution in [1.82, 2.24) is 0 Å². The Morgan fingerprint density at radius 3 is 2.74 bits per heavy atom. The highest BCUT2D eigenvalue weighted by molar-refractivity contribution is 5.91. The molecule has 1 unspecified atom stereocenters. The molecule has 2 heteroatoms. The second kappa shape index (κ2) is 4.96. The summed E-state index contributed by atoms with van der Waals surface area (Å²) in [4.78, 5) is 11.9. The van der Waals surface area contributed by atoms with E-state index in [0.717, 1.165) is 25.7 Å². The molecule has 0 radical (unpaired) electrons. The van der Waals surface area contributed by atoms with E-state index in [2.05, 4.69) is 19.8 Å². The molecule has 1 N–H and O–H groups in total. The van der Waals surface area contributed by atoms with Crippen LogP contribution in [-0.2, 0) is 4.79 Å². The molecule has 0 saturated heterocycles. The molecule has 3 fully saturated rings. The molecule has 124 valence electrons. The van der Waals surface area contributed by atoms with Crippen LogP contribution in [0, 0.1) is 46.8 Å². The molecule has 4 rings (SSSR count). The molecule has 0 amide bonds. The summed E-state index contributed by atoms with van der Waals surface area (Å²) in [5.41, 5.74) is 1.55. The SMILES string of the molecule is C#C[C@H]1CC[C@H]2[C@@H]3C(O)CC4=CC(=O)CC[C@]4(C)[C@H]3CC[C@]12C. The van der Waals surface area contributed by atoms with E-state index in [1.54, 1.807) is 0 Å². The third-order valence-electron chi connectivity index (χ3n) is 8.19. The smallest absolute Gasteiger partial charge is 0.155 e. The zero-order valence-electron chi connectivity index (χ0n) is 14.3. The van der Waals surface area contributed by atoms with Gasteiger partial charge < -0.3 is 5.11 Å².